The number of hydrogen-bond acceptors (Lipinski definition) is 4. The lowest BCUT2D eigenvalue weighted by molar-refractivity contribution is -0.124. The summed E-state index contributed by atoms with van der Waals surface area (Å²) >= 11 is 0. The molecule has 3 rings (SSSR count). The first-order valence-corrected chi connectivity index (χ1v) is 8.16. The molecule has 1 amide bonds. The van der Waals surface area contributed by atoms with Crippen molar-refractivity contribution >= 4 is 16.8 Å². The molecule has 1 fully saturated rings. The molecule has 1 aliphatic rings. The molecule has 1 aromatic heterocycles. The van der Waals surface area contributed by atoms with Gasteiger partial charge in [-0.2, -0.15) is 0 Å². The Morgan fingerprint density at radius 2 is 2.22 bits per heavy atom. The molecule has 1 aliphatic carbocycles. The number of nitrogens with zero attached hydrogens (tertiary/aromatic N) is 1. The number of hydrogen-bond donors (Lipinski definition) is 2. The molecular weight excluding hydrogens is 290 g/mol. The highest BCUT2D eigenvalue weighted by molar-refractivity contribution is 5.84. The normalized spacial score (nSPS) is 20.6. The second kappa shape index (κ2) is 6.96. The number of fused-ring (bicyclic) bond motifs is 1. The number of aryl methyl sites for hydroxylation is 1. The van der Waals surface area contributed by atoms with Gasteiger partial charge >= 0.3 is 0 Å². The van der Waals surface area contributed by atoms with Gasteiger partial charge in [-0.05, 0) is 38.3 Å². The number of aromatic nitrogens is 1. The number of amides is 1. The summed E-state index contributed by atoms with van der Waals surface area (Å²) in [6, 6.07) is 10.1. The SMILES string of the molecule is Cc1ccc2cccc(OCCNC(=O)[C@H]3CC[C@@H](N)C3)c2n1. The van der Waals surface area contributed by atoms with Gasteiger partial charge in [-0.25, -0.2) is 4.98 Å². The Morgan fingerprint density at radius 1 is 1.35 bits per heavy atom. The number of ether oxygens (including phenoxy) is 1. The van der Waals surface area contributed by atoms with E-state index in [4.69, 9.17) is 10.5 Å². The fourth-order valence-corrected chi connectivity index (χ4v) is 3.07. The lowest BCUT2D eigenvalue weighted by Gasteiger charge is -2.12. The fraction of sp³-hybridized carbons (Fsp3) is 0.444. The number of rotatable bonds is 5. The van der Waals surface area contributed by atoms with Gasteiger partial charge in [0.1, 0.15) is 17.9 Å². The number of nitrogens with one attached hydrogen (secondary N) is 1. The zero-order valence-corrected chi connectivity index (χ0v) is 13.4. The van der Waals surface area contributed by atoms with E-state index in [9.17, 15) is 4.79 Å². The molecule has 0 unspecified atom stereocenters. The molecule has 1 aromatic carbocycles. The summed E-state index contributed by atoms with van der Waals surface area (Å²) in [5.74, 6) is 0.906. The summed E-state index contributed by atoms with van der Waals surface area (Å²) in [6.07, 6.45) is 2.62. The first kappa shape index (κ1) is 15.7. The van der Waals surface area contributed by atoms with Gasteiger partial charge in [0.2, 0.25) is 5.91 Å². The summed E-state index contributed by atoms with van der Waals surface area (Å²) in [4.78, 5) is 16.6. The fourth-order valence-electron chi connectivity index (χ4n) is 3.07. The molecule has 2 aromatic rings. The van der Waals surface area contributed by atoms with Crippen molar-refractivity contribution in [3.8, 4) is 5.75 Å². The zero-order valence-electron chi connectivity index (χ0n) is 13.4. The van der Waals surface area contributed by atoms with Crippen molar-refractivity contribution in [1.29, 1.82) is 0 Å². The molecule has 23 heavy (non-hydrogen) atoms. The van der Waals surface area contributed by atoms with Crippen LogP contribution in [0, 0.1) is 12.8 Å². The second-order valence-corrected chi connectivity index (χ2v) is 6.19. The lowest BCUT2D eigenvalue weighted by Crippen LogP contribution is -2.33. The highest BCUT2D eigenvalue weighted by Crippen LogP contribution is 2.25. The molecule has 2 atom stereocenters. The Balaban J connectivity index is 1.53. The number of carbonyl (C=O) groups excluding carboxylic acids is 1. The number of carbonyl (C=O) groups is 1. The topological polar surface area (TPSA) is 77.2 Å². The zero-order chi connectivity index (χ0) is 16.2. The van der Waals surface area contributed by atoms with Crippen LogP contribution in [0.2, 0.25) is 0 Å². The van der Waals surface area contributed by atoms with Crippen LogP contribution in [0.15, 0.2) is 30.3 Å². The summed E-state index contributed by atoms with van der Waals surface area (Å²) < 4.78 is 5.81. The third-order valence-corrected chi connectivity index (χ3v) is 4.33. The van der Waals surface area contributed by atoms with E-state index >= 15 is 0 Å². The maximum absolute atomic E-state index is 12.0. The van der Waals surface area contributed by atoms with Crippen LogP contribution in [-0.4, -0.2) is 30.1 Å². The predicted octanol–water partition coefficient (Wildman–Crippen LogP) is 2.17. The molecule has 122 valence electrons. The standard InChI is InChI=1S/C18H23N3O2/c1-12-5-6-13-3-2-4-16(17(13)21-12)23-10-9-20-18(22)14-7-8-15(19)11-14/h2-6,14-15H,7-11,19H2,1H3,(H,20,22)/t14-,15+/m0/s1. The summed E-state index contributed by atoms with van der Waals surface area (Å²) in [5.41, 5.74) is 7.67. The lowest BCUT2D eigenvalue weighted by atomic mass is 10.1. The van der Waals surface area contributed by atoms with Crippen molar-refractivity contribution in [1.82, 2.24) is 10.3 Å². The van der Waals surface area contributed by atoms with Crippen LogP contribution in [-0.2, 0) is 4.79 Å². The largest absolute Gasteiger partial charge is 0.489 e. The summed E-state index contributed by atoms with van der Waals surface area (Å²) in [7, 11) is 0. The molecular formula is C18H23N3O2. The van der Waals surface area contributed by atoms with Crippen LogP contribution >= 0.6 is 0 Å². The highest BCUT2D eigenvalue weighted by Gasteiger charge is 2.27. The minimum absolute atomic E-state index is 0.0619. The van der Waals surface area contributed by atoms with Crippen LogP contribution in [0.5, 0.6) is 5.75 Å². The molecule has 3 N–H and O–H groups in total. The number of benzene rings is 1. The van der Waals surface area contributed by atoms with E-state index in [-0.39, 0.29) is 17.9 Å². The van der Waals surface area contributed by atoms with Crippen LogP contribution in [0.1, 0.15) is 25.0 Å². The molecule has 0 spiro atoms. The monoisotopic (exact) mass is 313 g/mol. The molecule has 1 heterocycles. The van der Waals surface area contributed by atoms with Crippen molar-refractivity contribution in [2.75, 3.05) is 13.2 Å². The van der Waals surface area contributed by atoms with E-state index in [2.05, 4.69) is 10.3 Å². The van der Waals surface area contributed by atoms with Gasteiger partial charge in [0.15, 0.2) is 0 Å². The van der Waals surface area contributed by atoms with Gasteiger partial charge in [0.05, 0.1) is 6.54 Å². The van der Waals surface area contributed by atoms with Crippen LogP contribution in [0.3, 0.4) is 0 Å². The molecule has 0 radical (unpaired) electrons. The third-order valence-electron chi connectivity index (χ3n) is 4.33. The van der Waals surface area contributed by atoms with E-state index in [1.165, 1.54) is 0 Å². The van der Waals surface area contributed by atoms with Crippen molar-refractivity contribution in [3.63, 3.8) is 0 Å². The number of nitrogens with two attached hydrogens (primary N) is 1. The Hall–Kier alpha value is -2.14. The summed E-state index contributed by atoms with van der Waals surface area (Å²) in [6.45, 7) is 2.88. The Kier molecular flexibility index (Phi) is 4.76. The van der Waals surface area contributed by atoms with Crippen molar-refractivity contribution < 1.29 is 9.53 Å². The van der Waals surface area contributed by atoms with Crippen molar-refractivity contribution in [3.05, 3.63) is 36.0 Å². The van der Waals surface area contributed by atoms with Crippen LogP contribution in [0.25, 0.3) is 10.9 Å². The van der Waals surface area contributed by atoms with Crippen LogP contribution in [0.4, 0.5) is 0 Å². The van der Waals surface area contributed by atoms with Gasteiger partial charge < -0.3 is 15.8 Å². The minimum atomic E-state index is 0.0619. The molecule has 0 aliphatic heterocycles. The number of para-hydroxylation sites is 1. The Labute approximate surface area is 136 Å². The van der Waals surface area contributed by atoms with E-state index in [1.807, 2.05) is 37.3 Å². The molecule has 5 heteroatoms. The predicted molar refractivity (Wildman–Crippen MR) is 90.3 cm³/mol. The molecule has 5 nitrogen and oxygen atoms in total. The Morgan fingerprint density at radius 3 is 3.00 bits per heavy atom. The molecule has 0 bridgehead atoms. The average molecular weight is 313 g/mol. The maximum atomic E-state index is 12.0. The average Bonchev–Trinajstić information content (AvgIpc) is 2.98. The molecule has 0 saturated heterocycles. The smallest absolute Gasteiger partial charge is 0.223 e. The first-order chi connectivity index (χ1) is 11.1. The van der Waals surface area contributed by atoms with E-state index in [0.717, 1.165) is 41.6 Å². The van der Waals surface area contributed by atoms with E-state index in [1.54, 1.807) is 0 Å². The summed E-state index contributed by atoms with van der Waals surface area (Å²) in [5, 5.41) is 3.99. The van der Waals surface area contributed by atoms with Gasteiger partial charge in [0, 0.05) is 23.0 Å². The second-order valence-electron chi connectivity index (χ2n) is 6.19. The third kappa shape index (κ3) is 3.79. The van der Waals surface area contributed by atoms with Gasteiger partial charge in [-0.3, -0.25) is 4.79 Å². The Bertz CT molecular complexity index is 702. The molecule has 1 saturated carbocycles. The highest BCUT2D eigenvalue weighted by atomic mass is 16.5. The van der Waals surface area contributed by atoms with Gasteiger partial charge in [-0.15, -0.1) is 0 Å². The minimum Gasteiger partial charge on any atom is -0.489 e. The van der Waals surface area contributed by atoms with Crippen LogP contribution < -0.4 is 15.8 Å². The first-order valence-electron chi connectivity index (χ1n) is 8.16. The van der Waals surface area contributed by atoms with Gasteiger partial charge in [-0.1, -0.05) is 18.2 Å². The van der Waals surface area contributed by atoms with Crippen molar-refractivity contribution in [2.45, 2.75) is 32.2 Å². The van der Waals surface area contributed by atoms with Gasteiger partial charge in [0.25, 0.3) is 0 Å². The number of pyridine rings is 1. The van der Waals surface area contributed by atoms with E-state index in [0.29, 0.717) is 13.2 Å². The van der Waals surface area contributed by atoms with Crippen molar-refractivity contribution in [2.24, 2.45) is 11.7 Å². The van der Waals surface area contributed by atoms with E-state index < -0.39 is 0 Å². The maximum Gasteiger partial charge on any atom is 0.223 e. The quantitative estimate of drug-likeness (QED) is 0.829.